The molecule has 0 aliphatic rings. The minimum Gasteiger partial charge on any atom is -0.448 e. The molecule has 0 N–H and O–H groups in total. The quantitative estimate of drug-likeness (QED) is 0.582. The molecule has 9 heteroatoms. The van der Waals surface area contributed by atoms with Crippen LogP contribution in [0.3, 0.4) is 0 Å². The molecule has 0 aromatic heterocycles. The molecule has 0 aliphatic carbocycles. The standard InChI is InChI=1S/C14H15F3O5S/c1-9(2)10-5-4-6-11(7-10)13(18)22-12(14(15,16)17)8-23(19,20)21-3/h4-7,12H,1,8H2,2-3H3. The summed E-state index contributed by atoms with van der Waals surface area (Å²) in [6, 6.07) is 5.64. The molecule has 1 aromatic rings. The molecule has 1 unspecified atom stereocenters. The van der Waals surface area contributed by atoms with Crippen LogP contribution < -0.4 is 0 Å². The fourth-order valence-electron chi connectivity index (χ4n) is 1.56. The first kappa shape index (κ1) is 19.2. The average molecular weight is 352 g/mol. The minimum atomic E-state index is -5.05. The van der Waals surface area contributed by atoms with Gasteiger partial charge in [0.15, 0.2) is 0 Å². The number of halogens is 3. The van der Waals surface area contributed by atoms with Gasteiger partial charge < -0.3 is 4.74 Å². The van der Waals surface area contributed by atoms with Crippen LogP contribution in [-0.2, 0) is 19.0 Å². The van der Waals surface area contributed by atoms with Gasteiger partial charge in [0.1, 0.15) is 5.75 Å². The molecule has 0 heterocycles. The van der Waals surface area contributed by atoms with Crippen molar-refractivity contribution < 1.29 is 35.3 Å². The average Bonchev–Trinajstić information content (AvgIpc) is 2.45. The molecule has 0 radical (unpaired) electrons. The Balaban J connectivity index is 3.02. The molecule has 0 bridgehead atoms. The Bertz CT molecular complexity index is 695. The summed E-state index contributed by atoms with van der Waals surface area (Å²) in [6.45, 7) is 5.32. The number of alkyl halides is 3. The monoisotopic (exact) mass is 352 g/mol. The summed E-state index contributed by atoms with van der Waals surface area (Å²) in [5, 5.41) is 0. The molecular weight excluding hydrogens is 337 g/mol. The van der Waals surface area contributed by atoms with Crippen LogP contribution in [0.4, 0.5) is 13.2 Å². The summed E-state index contributed by atoms with van der Waals surface area (Å²) in [5.74, 6) is -2.81. The largest absolute Gasteiger partial charge is 0.448 e. The highest BCUT2D eigenvalue weighted by molar-refractivity contribution is 7.86. The summed E-state index contributed by atoms with van der Waals surface area (Å²) < 4.78 is 69.3. The lowest BCUT2D eigenvalue weighted by Gasteiger charge is -2.20. The van der Waals surface area contributed by atoms with Crippen molar-refractivity contribution in [3.05, 3.63) is 42.0 Å². The van der Waals surface area contributed by atoms with E-state index >= 15 is 0 Å². The van der Waals surface area contributed by atoms with E-state index in [-0.39, 0.29) is 5.56 Å². The third-order valence-electron chi connectivity index (χ3n) is 2.81. The smallest absolute Gasteiger partial charge is 0.426 e. The first-order chi connectivity index (χ1) is 10.5. The number of carbonyl (C=O) groups excluding carboxylic acids is 1. The minimum absolute atomic E-state index is 0.144. The zero-order valence-electron chi connectivity index (χ0n) is 12.4. The fourth-order valence-corrected chi connectivity index (χ4v) is 2.32. The first-order valence-corrected chi connectivity index (χ1v) is 7.86. The number of allylic oxidation sites excluding steroid dienone is 1. The van der Waals surface area contributed by atoms with Crippen molar-refractivity contribution >= 4 is 21.7 Å². The van der Waals surface area contributed by atoms with Crippen LogP contribution in [0.2, 0.25) is 0 Å². The molecule has 0 fully saturated rings. The number of rotatable bonds is 6. The Morgan fingerprint density at radius 2 is 1.87 bits per heavy atom. The Morgan fingerprint density at radius 1 is 1.30 bits per heavy atom. The van der Waals surface area contributed by atoms with Gasteiger partial charge in [-0.15, -0.1) is 0 Å². The van der Waals surface area contributed by atoms with Gasteiger partial charge in [-0.25, -0.2) is 4.79 Å². The van der Waals surface area contributed by atoms with E-state index in [0.717, 1.165) is 7.11 Å². The van der Waals surface area contributed by atoms with Crippen LogP contribution in [0.25, 0.3) is 5.57 Å². The second-order valence-corrected chi connectivity index (χ2v) is 6.47. The summed E-state index contributed by atoms with van der Waals surface area (Å²) in [7, 11) is -3.74. The third kappa shape index (κ3) is 5.68. The molecule has 23 heavy (non-hydrogen) atoms. The number of ether oxygens (including phenoxy) is 1. The van der Waals surface area contributed by atoms with Gasteiger partial charge in [-0.05, 0) is 24.6 Å². The molecule has 1 rings (SSSR count). The Kier molecular flexibility index (Phi) is 5.95. The Hall–Kier alpha value is -1.87. The van der Waals surface area contributed by atoms with Gasteiger partial charge in [0.2, 0.25) is 6.10 Å². The second-order valence-electron chi connectivity index (χ2n) is 4.69. The highest BCUT2D eigenvalue weighted by Crippen LogP contribution is 2.26. The van der Waals surface area contributed by atoms with E-state index in [4.69, 9.17) is 0 Å². The van der Waals surface area contributed by atoms with Crippen LogP contribution in [0.1, 0.15) is 22.8 Å². The van der Waals surface area contributed by atoms with Gasteiger partial charge >= 0.3 is 12.1 Å². The van der Waals surface area contributed by atoms with E-state index in [1.807, 2.05) is 0 Å². The van der Waals surface area contributed by atoms with E-state index in [9.17, 15) is 26.4 Å². The maximum atomic E-state index is 12.9. The van der Waals surface area contributed by atoms with Crippen molar-refractivity contribution in [2.24, 2.45) is 0 Å². The lowest BCUT2D eigenvalue weighted by molar-refractivity contribution is -0.197. The molecule has 0 saturated carbocycles. The van der Waals surface area contributed by atoms with Crippen molar-refractivity contribution in [3.63, 3.8) is 0 Å². The zero-order chi connectivity index (χ0) is 17.8. The van der Waals surface area contributed by atoms with Gasteiger partial charge in [0.05, 0.1) is 12.7 Å². The second kappa shape index (κ2) is 7.14. The number of carbonyl (C=O) groups is 1. The third-order valence-corrected chi connectivity index (χ3v) is 4.03. The van der Waals surface area contributed by atoms with Crippen LogP contribution in [-0.4, -0.2) is 39.5 Å². The van der Waals surface area contributed by atoms with Crippen molar-refractivity contribution in [2.45, 2.75) is 19.2 Å². The van der Waals surface area contributed by atoms with E-state index in [1.54, 1.807) is 13.0 Å². The maximum absolute atomic E-state index is 12.9. The number of benzene rings is 1. The summed E-state index contributed by atoms with van der Waals surface area (Å²) in [4.78, 5) is 11.9. The highest BCUT2D eigenvalue weighted by Gasteiger charge is 2.46. The number of hydrogen-bond donors (Lipinski definition) is 0. The maximum Gasteiger partial charge on any atom is 0.426 e. The zero-order valence-corrected chi connectivity index (χ0v) is 13.2. The fraction of sp³-hybridized carbons (Fsp3) is 0.357. The molecule has 1 aromatic carbocycles. The Morgan fingerprint density at radius 3 is 2.35 bits per heavy atom. The molecule has 128 valence electrons. The van der Waals surface area contributed by atoms with Crippen molar-refractivity contribution in [1.29, 1.82) is 0 Å². The van der Waals surface area contributed by atoms with Gasteiger partial charge in [0.25, 0.3) is 10.1 Å². The van der Waals surface area contributed by atoms with Gasteiger partial charge in [-0.2, -0.15) is 21.6 Å². The lowest BCUT2D eigenvalue weighted by atomic mass is 10.1. The van der Waals surface area contributed by atoms with E-state index < -0.39 is 34.1 Å². The van der Waals surface area contributed by atoms with Crippen LogP contribution in [0.15, 0.2) is 30.8 Å². The van der Waals surface area contributed by atoms with Crippen molar-refractivity contribution in [2.75, 3.05) is 12.9 Å². The molecule has 5 nitrogen and oxygen atoms in total. The van der Waals surface area contributed by atoms with Crippen LogP contribution in [0, 0.1) is 0 Å². The topological polar surface area (TPSA) is 69.7 Å². The molecule has 0 aliphatic heterocycles. The molecule has 1 atom stereocenters. The molecule has 0 spiro atoms. The van der Waals surface area contributed by atoms with Gasteiger partial charge in [-0.3, -0.25) is 4.18 Å². The van der Waals surface area contributed by atoms with Crippen LogP contribution >= 0.6 is 0 Å². The van der Waals surface area contributed by atoms with Crippen molar-refractivity contribution in [3.8, 4) is 0 Å². The normalized spacial score (nSPS) is 13.4. The first-order valence-electron chi connectivity index (χ1n) is 6.28. The highest BCUT2D eigenvalue weighted by atomic mass is 32.2. The SMILES string of the molecule is C=C(C)c1cccc(C(=O)OC(CS(=O)(=O)OC)C(F)(F)F)c1. The lowest BCUT2D eigenvalue weighted by Crippen LogP contribution is -2.39. The van der Waals surface area contributed by atoms with E-state index in [0.29, 0.717) is 11.1 Å². The van der Waals surface area contributed by atoms with Crippen LogP contribution in [0.5, 0.6) is 0 Å². The van der Waals surface area contributed by atoms with Crippen molar-refractivity contribution in [1.82, 2.24) is 0 Å². The van der Waals surface area contributed by atoms with E-state index in [2.05, 4.69) is 15.5 Å². The summed E-state index contributed by atoms with van der Waals surface area (Å²) in [5.41, 5.74) is 1.01. The molecular formula is C14H15F3O5S. The molecule has 0 amide bonds. The van der Waals surface area contributed by atoms with Gasteiger partial charge in [-0.1, -0.05) is 24.3 Å². The number of esters is 1. The van der Waals surface area contributed by atoms with E-state index in [1.165, 1.54) is 18.2 Å². The molecule has 0 saturated heterocycles. The summed E-state index contributed by atoms with van der Waals surface area (Å²) in [6.07, 6.45) is -7.87. The van der Waals surface area contributed by atoms with Gasteiger partial charge in [0, 0.05) is 0 Å². The Labute approximate surface area is 131 Å². The summed E-state index contributed by atoms with van der Waals surface area (Å²) >= 11 is 0. The number of hydrogen-bond acceptors (Lipinski definition) is 5. The predicted octanol–water partition coefficient (Wildman–Crippen LogP) is 2.78. The predicted molar refractivity (Wildman–Crippen MR) is 77.2 cm³/mol.